The molecule has 1 aromatic rings. The molecule has 0 amide bonds. The molecule has 0 saturated carbocycles. The number of nitrogens with one attached hydrogen (secondary N) is 1. The maximum atomic E-state index is 8.77. The van der Waals surface area contributed by atoms with Gasteiger partial charge in [-0.25, -0.2) is 0 Å². The van der Waals surface area contributed by atoms with Crippen LogP contribution in [0.2, 0.25) is 0 Å². The maximum Gasteiger partial charge on any atom is 0.170 e. The van der Waals surface area contributed by atoms with E-state index >= 15 is 0 Å². The number of ether oxygens (including phenoxy) is 2. The van der Waals surface area contributed by atoms with Gasteiger partial charge in [0.1, 0.15) is 5.75 Å². The lowest BCUT2D eigenvalue weighted by Gasteiger charge is -2.21. The molecule has 1 heterocycles. The lowest BCUT2D eigenvalue weighted by atomic mass is 10.1. The van der Waals surface area contributed by atoms with Crippen molar-refractivity contribution in [2.45, 2.75) is 38.5 Å². The molecular weight excluding hydrogens is 270 g/mol. The second kappa shape index (κ2) is 7.28. The SMILES string of the molecule is COc1ccc(/C(N)=N/O)cc1CNC(C)C1CCCO1. The lowest BCUT2D eigenvalue weighted by Crippen LogP contribution is -2.36. The standard InChI is InChI=1S/C15H23N3O3/c1-10(13-4-3-7-21-13)17-9-12-8-11(15(16)18-19)5-6-14(12)20-2/h5-6,8,10,13,17,19H,3-4,7,9H2,1-2H3,(H2,16,18). The zero-order valence-electron chi connectivity index (χ0n) is 12.5. The van der Waals surface area contributed by atoms with E-state index < -0.39 is 0 Å². The molecule has 0 aliphatic carbocycles. The Labute approximate surface area is 124 Å². The van der Waals surface area contributed by atoms with Crippen LogP contribution in [0.4, 0.5) is 0 Å². The van der Waals surface area contributed by atoms with Gasteiger partial charge in [0.05, 0.1) is 13.2 Å². The zero-order valence-corrected chi connectivity index (χ0v) is 12.5. The average molecular weight is 293 g/mol. The zero-order chi connectivity index (χ0) is 15.2. The Hall–Kier alpha value is -1.79. The van der Waals surface area contributed by atoms with Gasteiger partial charge in [-0.05, 0) is 38.0 Å². The van der Waals surface area contributed by atoms with Crippen LogP contribution in [-0.4, -0.2) is 36.9 Å². The number of hydrogen-bond acceptors (Lipinski definition) is 5. The molecule has 2 rings (SSSR count). The summed E-state index contributed by atoms with van der Waals surface area (Å²) in [6, 6.07) is 5.72. The van der Waals surface area contributed by atoms with Gasteiger partial charge < -0.3 is 25.7 Å². The molecule has 1 aliphatic rings. The van der Waals surface area contributed by atoms with Crippen molar-refractivity contribution in [2.75, 3.05) is 13.7 Å². The molecule has 0 radical (unpaired) electrons. The van der Waals surface area contributed by atoms with Gasteiger partial charge in [0.2, 0.25) is 0 Å². The first-order valence-electron chi connectivity index (χ1n) is 7.15. The summed E-state index contributed by atoms with van der Waals surface area (Å²) in [7, 11) is 1.63. The second-order valence-corrected chi connectivity index (χ2v) is 5.23. The van der Waals surface area contributed by atoms with Crippen LogP contribution in [0.15, 0.2) is 23.4 Å². The van der Waals surface area contributed by atoms with Gasteiger partial charge in [0.25, 0.3) is 0 Å². The van der Waals surface area contributed by atoms with Crippen LogP contribution in [0.5, 0.6) is 5.75 Å². The van der Waals surface area contributed by atoms with Crippen molar-refractivity contribution in [2.24, 2.45) is 10.9 Å². The smallest absolute Gasteiger partial charge is 0.170 e. The van der Waals surface area contributed by atoms with Crippen molar-refractivity contribution < 1.29 is 14.7 Å². The Morgan fingerprint density at radius 1 is 1.62 bits per heavy atom. The van der Waals surface area contributed by atoms with Crippen molar-refractivity contribution in [3.05, 3.63) is 29.3 Å². The van der Waals surface area contributed by atoms with Crippen molar-refractivity contribution in [1.29, 1.82) is 0 Å². The van der Waals surface area contributed by atoms with Gasteiger partial charge in [-0.2, -0.15) is 0 Å². The highest BCUT2D eigenvalue weighted by Gasteiger charge is 2.22. The number of methoxy groups -OCH3 is 1. The first kappa shape index (κ1) is 15.6. The molecule has 1 fully saturated rings. The van der Waals surface area contributed by atoms with E-state index in [9.17, 15) is 0 Å². The summed E-state index contributed by atoms with van der Waals surface area (Å²) in [5.74, 6) is 0.864. The number of oxime groups is 1. The summed E-state index contributed by atoms with van der Waals surface area (Å²) < 4.78 is 11.0. The van der Waals surface area contributed by atoms with Crippen LogP contribution in [-0.2, 0) is 11.3 Å². The molecule has 1 saturated heterocycles. The molecule has 2 unspecified atom stereocenters. The molecule has 1 aromatic carbocycles. The Morgan fingerprint density at radius 3 is 3.05 bits per heavy atom. The molecule has 21 heavy (non-hydrogen) atoms. The highest BCUT2D eigenvalue weighted by Crippen LogP contribution is 2.21. The number of amidine groups is 1. The van der Waals surface area contributed by atoms with E-state index in [1.54, 1.807) is 13.2 Å². The van der Waals surface area contributed by atoms with Gasteiger partial charge >= 0.3 is 0 Å². The van der Waals surface area contributed by atoms with Crippen LogP contribution >= 0.6 is 0 Å². The largest absolute Gasteiger partial charge is 0.496 e. The summed E-state index contributed by atoms with van der Waals surface area (Å²) >= 11 is 0. The molecule has 116 valence electrons. The fourth-order valence-electron chi connectivity index (χ4n) is 2.53. The Balaban J connectivity index is 2.06. The topological polar surface area (TPSA) is 89.1 Å². The van der Waals surface area contributed by atoms with Gasteiger partial charge in [-0.3, -0.25) is 0 Å². The van der Waals surface area contributed by atoms with E-state index in [1.165, 1.54) is 0 Å². The van der Waals surface area contributed by atoms with E-state index in [0.29, 0.717) is 12.1 Å². The van der Waals surface area contributed by atoms with Crippen molar-refractivity contribution in [3.63, 3.8) is 0 Å². The summed E-state index contributed by atoms with van der Waals surface area (Å²) in [6.45, 7) is 3.60. The molecule has 0 spiro atoms. The van der Waals surface area contributed by atoms with E-state index in [2.05, 4.69) is 17.4 Å². The van der Waals surface area contributed by atoms with Gasteiger partial charge in [-0.1, -0.05) is 5.16 Å². The highest BCUT2D eigenvalue weighted by atomic mass is 16.5. The van der Waals surface area contributed by atoms with Crippen molar-refractivity contribution >= 4 is 5.84 Å². The second-order valence-electron chi connectivity index (χ2n) is 5.23. The van der Waals surface area contributed by atoms with Crippen LogP contribution in [0.1, 0.15) is 30.9 Å². The van der Waals surface area contributed by atoms with Gasteiger partial charge in [0, 0.05) is 30.3 Å². The highest BCUT2D eigenvalue weighted by molar-refractivity contribution is 5.97. The Bertz CT molecular complexity index is 499. The van der Waals surface area contributed by atoms with Gasteiger partial charge in [0.15, 0.2) is 5.84 Å². The van der Waals surface area contributed by atoms with E-state index in [0.717, 1.165) is 30.8 Å². The van der Waals surface area contributed by atoms with Crippen LogP contribution in [0.25, 0.3) is 0 Å². The minimum Gasteiger partial charge on any atom is -0.496 e. The third-order valence-electron chi connectivity index (χ3n) is 3.82. The van der Waals surface area contributed by atoms with E-state index in [1.807, 2.05) is 12.1 Å². The van der Waals surface area contributed by atoms with Crippen molar-refractivity contribution in [3.8, 4) is 5.75 Å². The number of hydrogen-bond donors (Lipinski definition) is 3. The monoisotopic (exact) mass is 293 g/mol. The summed E-state index contributed by atoms with van der Waals surface area (Å²) in [4.78, 5) is 0. The van der Waals surface area contributed by atoms with Crippen LogP contribution in [0.3, 0.4) is 0 Å². The first-order valence-corrected chi connectivity index (χ1v) is 7.15. The molecule has 6 nitrogen and oxygen atoms in total. The molecule has 0 aromatic heterocycles. The number of rotatable bonds is 6. The fourth-order valence-corrected chi connectivity index (χ4v) is 2.53. The van der Waals surface area contributed by atoms with Gasteiger partial charge in [-0.15, -0.1) is 0 Å². The number of nitrogens with zero attached hydrogens (tertiary/aromatic N) is 1. The predicted octanol–water partition coefficient (Wildman–Crippen LogP) is 1.45. The maximum absolute atomic E-state index is 8.77. The summed E-state index contributed by atoms with van der Waals surface area (Å²) in [6.07, 6.45) is 2.48. The molecule has 2 atom stereocenters. The van der Waals surface area contributed by atoms with Crippen molar-refractivity contribution in [1.82, 2.24) is 5.32 Å². The third kappa shape index (κ3) is 3.86. The molecular formula is C15H23N3O3. The number of benzene rings is 1. The van der Waals surface area contributed by atoms with E-state index in [4.69, 9.17) is 20.4 Å². The molecule has 1 aliphatic heterocycles. The van der Waals surface area contributed by atoms with Crippen LogP contribution in [0, 0.1) is 0 Å². The Morgan fingerprint density at radius 2 is 2.43 bits per heavy atom. The Kier molecular flexibility index (Phi) is 5.41. The number of nitrogens with two attached hydrogens (primary N) is 1. The average Bonchev–Trinajstić information content (AvgIpc) is 3.06. The van der Waals surface area contributed by atoms with E-state index in [-0.39, 0.29) is 18.0 Å². The lowest BCUT2D eigenvalue weighted by molar-refractivity contribution is 0.0831. The van der Waals surface area contributed by atoms with Crippen LogP contribution < -0.4 is 15.8 Å². The third-order valence-corrected chi connectivity index (χ3v) is 3.82. The first-order chi connectivity index (χ1) is 10.2. The predicted molar refractivity (Wildman–Crippen MR) is 80.8 cm³/mol. The molecule has 4 N–H and O–H groups in total. The normalized spacial score (nSPS) is 20.5. The fraction of sp³-hybridized carbons (Fsp3) is 0.533. The minimum atomic E-state index is 0.0890. The quantitative estimate of drug-likeness (QED) is 0.320. The summed E-state index contributed by atoms with van der Waals surface area (Å²) in [5, 5.41) is 15.2. The molecule has 0 bridgehead atoms. The molecule has 6 heteroatoms. The minimum absolute atomic E-state index is 0.0890. The summed E-state index contributed by atoms with van der Waals surface area (Å²) in [5.41, 5.74) is 7.26.